The zero-order valence-electron chi connectivity index (χ0n) is 14.3. The molecule has 1 fully saturated rings. The fourth-order valence-corrected chi connectivity index (χ4v) is 2.84. The van der Waals surface area contributed by atoms with Gasteiger partial charge in [0, 0.05) is 5.92 Å². The molecule has 1 aliphatic carbocycles. The Hall–Kier alpha value is -2.12. The van der Waals surface area contributed by atoms with E-state index in [1.807, 2.05) is 0 Å². The Labute approximate surface area is 141 Å². The molecule has 24 heavy (non-hydrogen) atoms. The highest BCUT2D eigenvalue weighted by molar-refractivity contribution is 5.91. The molecule has 1 N–H and O–H groups in total. The lowest BCUT2D eigenvalue weighted by atomic mass is 9.87. The lowest BCUT2D eigenvalue weighted by molar-refractivity contribution is -0.159. The van der Waals surface area contributed by atoms with E-state index >= 15 is 0 Å². The summed E-state index contributed by atoms with van der Waals surface area (Å²) in [5, 5.41) is 2.56. The molecule has 8 heteroatoms. The van der Waals surface area contributed by atoms with Crippen molar-refractivity contribution < 1.29 is 33.4 Å². The van der Waals surface area contributed by atoms with Crippen molar-refractivity contribution in [3.63, 3.8) is 0 Å². The third-order valence-corrected chi connectivity index (χ3v) is 4.25. The zero-order valence-corrected chi connectivity index (χ0v) is 14.3. The first kappa shape index (κ1) is 19.9. The molecule has 1 amide bonds. The second-order valence-electron chi connectivity index (χ2n) is 5.75. The first-order chi connectivity index (χ1) is 11.4. The lowest BCUT2D eigenvalue weighted by Gasteiger charge is -2.27. The maximum absolute atomic E-state index is 12.4. The second kappa shape index (κ2) is 9.89. The van der Waals surface area contributed by atoms with Crippen LogP contribution in [0.2, 0.25) is 0 Å². The van der Waals surface area contributed by atoms with E-state index in [0.29, 0.717) is 0 Å². The van der Waals surface area contributed by atoms with Gasteiger partial charge in [-0.2, -0.15) is 0 Å². The lowest BCUT2D eigenvalue weighted by Crippen LogP contribution is -2.51. The van der Waals surface area contributed by atoms with Crippen LogP contribution < -0.4 is 5.32 Å². The van der Waals surface area contributed by atoms with Crippen LogP contribution >= 0.6 is 0 Å². The summed E-state index contributed by atoms with van der Waals surface area (Å²) in [5.74, 6) is -4.02. The molecule has 0 aliphatic heterocycles. The Morgan fingerprint density at radius 2 is 1.50 bits per heavy atom. The minimum absolute atomic E-state index is 0.206. The molecular formula is C16H25NO7. The van der Waals surface area contributed by atoms with E-state index in [9.17, 15) is 19.2 Å². The van der Waals surface area contributed by atoms with Crippen molar-refractivity contribution in [2.24, 2.45) is 11.8 Å². The molecule has 8 nitrogen and oxygen atoms in total. The molecule has 136 valence electrons. The third kappa shape index (κ3) is 5.50. The van der Waals surface area contributed by atoms with Gasteiger partial charge in [-0.3, -0.25) is 14.4 Å². The van der Waals surface area contributed by atoms with Crippen LogP contribution in [-0.2, 0) is 33.4 Å². The van der Waals surface area contributed by atoms with Gasteiger partial charge in [0.25, 0.3) is 0 Å². The molecule has 1 rings (SSSR count). The number of amides is 1. The number of carbonyl (C=O) groups is 4. The minimum Gasteiger partial charge on any atom is -0.469 e. The van der Waals surface area contributed by atoms with Gasteiger partial charge in [-0.15, -0.1) is 0 Å². The molecule has 1 aliphatic rings. The molecule has 0 aromatic rings. The van der Waals surface area contributed by atoms with Gasteiger partial charge >= 0.3 is 17.9 Å². The molecule has 0 spiro atoms. The van der Waals surface area contributed by atoms with Crippen LogP contribution in [0.5, 0.6) is 0 Å². The van der Waals surface area contributed by atoms with Gasteiger partial charge in [-0.25, -0.2) is 4.79 Å². The molecule has 0 unspecified atom stereocenters. The molecule has 0 saturated heterocycles. The number of nitrogens with one attached hydrogen (secondary N) is 1. The number of hydrogen-bond donors (Lipinski definition) is 1. The van der Waals surface area contributed by atoms with E-state index < -0.39 is 36.3 Å². The van der Waals surface area contributed by atoms with E-state index in [0.717, 1.165) is 46.3 Å². The van der Waals surface area contributed by atoms with E-state index in [2.05, 4.69) is 19.5 Å². The van der Waals surface area contributed by atoms with Gasteiger partial charge in [0.1, 0.15) is 6.04 Å². The van der Waals surface area contributed by atoms with Crippen molar-refractivity contribution in [3.8, 4) is 0 Å². The zero-order chi connectivity index (χ0) is 18.1. The van der Waals surface area contributed by atoms with Gasteiger partial charge in [0.2, 0.25) is 5.91 Å². The SMILES string of the molecule is COC(=O)C[C@@H](C(=O)OC)[C@H](NC(=O)C1CCCCC1)C(=O)OC. The summed E-state index contributed by atoms with van der Waals surface area (Å²) in [6.45, 7) is 0. The van der Waals surface area contributed by atoms with Crippen LogP contribution in [0.4, 0.5) is 0 Å². The van der Waals surface area contributed by atoms with Crippen molar-refractivity contribution in [1.29, 1.82) is 0 Å². The van der Waals surface area contributed by atoms with Gasteiger partial charge in [0.15, 0.2) is 0 Å². The van der Waals surface area contributed by atoms with Crippen molar-refractivity contribution in [2.45, 2.75) is 44.6 Å². The Bertz CT molecular complexity index is 471. The Balaban J connectivity index is 2.93. The maximum Gasteiger partial charge on any atom is 0.329 e. The van der Waals surface area contributed by atoms with E-state index in [1.165, 1.54) is 7.11 Å². The summed E-state index contributed by atoms with van der Waals surface area (Å²) >= 11 is 0. The Morgan fingerprint density at radius 3 is 2.00 bits per heavy atom. The van der Waals surface area contributed by atoms with Gasteiger partial charge < -0.3 is 19.5 Å². The number of methoxy groups -OCH3 is 3. The smallest absolute Gasteiger partial charge is 0.329 e. The molecule has 2 atom stereocenters. The molecule has 0 heterocycles. The largest absolute Gasteiger partial charge is 0.469 e. The number of rotatable bonds is 7. The van der Waals surface area contributed by atoms with Crippen molar-refractivity contribution >= 4 is 23.8 Å². The topological polar surface area (TPSA) is 108 Å². The Morgan fingerprint density at radius 1 is 0.917 bits per heavy atom. The summed E-state index contributed by atoms with van der Waals surface area (Å²) in [5.41, 5.74) is 0. The molecule has 0 radical (unpaired) electrons. The predicted molar refractivity (Wildman–Crippen MR) is 82.7 cm³/mol. The fraction of sp³-hybridized carbons (Fsp3) is 0.750. The highest BCUT2D eigenvalue weighted by Crippen LogP contribution is 2.24. The van der Waals surface area contributed by atoms with Crippen LogP contribution in [0.1, 0.15) is 38.5 Å². The molecule has 1 saturated carbocycles. The molecular weight excluding hydrogens is 318 g/mol. The standard InChI is InChI=1S/C16H25NO7/c1-22-12(18)9-11(15(20)23-2)13(16(21)24-3)17-14(19)10-7-5-4-6-8-10/h10-11,13H,4-9H2,1-3H3,(H,17,19)/t11-,13+/m1/s1. The van der Waals surface area contributed by atoms with Crippen LogP contribution in [0.15, 0.2) is 0 Å². The number of esters is 3. The quantitative estimate of drug-likeness (QED) is 0.532. The van der Waals surface area contributed by atoms with Crippen LogP contribution in [-0.4, -0.2) is 51.2 Å². The summed E-state index contributed by atoms with van der Waals surface area (Å²) in [7, 11) is 3.46. The summed E-state index contributed by atoms with van der Waals surface area (Å²) < 4.78 is 13.9. The van der Waals surface area contributed by atoms with Crippen LogP contribution in [0.3, 0.4) is 0 Å². The maximum atomic E-state index is 12.4. The third-order valence-electron chi connectivity index (χ3n) is 4.25. The number of hydrogen-bond acceptors (Lipinski definition) is 7. The minimum atomic E-state index is -1.30. The highest BCUT2D eigenvalue weighted by Gasteiger charge is 2.39. The van der Waals surface area contributed by atoms with Gasteiger partial charge in [-0.1, -0.05) is 19.3 Å². The van der Waals surface area contributed by atoms with Gasteiger partial charge in [-0.05, 0) is 12.8 Å². The summed E-state index contributed by atoms with van der Waals surface area (Å²) in [6, 6.07) is -1.30. The normalized spacial score (nSPS) is 17.3. The summed E-state index contributed by atoms with van der Waals surface area (Å²) in [6.07, 6.45) is 4.05. The van der Waals surface area contributed by atoms with E-state index in [4.69, 9.17) is 0 Å². The van der Waals surface area contributed by atoms with Crippen LogP contribution in [0, 0.1) is 11.8 Å². The molecule has 0 aromatic carbocycles. The molecule has 0 aromatic heterocycles. The second-order valence-corrected chi connectivity index (χ2v) is 5.75. The predicted octanol–water partition coefficient (Wildman–Crippen LogP) is 0.577. The number of carbonyl (C=O) groups excluding carboxylic acids is 4. The first-order valence-corrected chi connectivity index (χ1v) is 7.97. The average molecular weight is 343 g/mol. The van der Waals surface area contributed by atoms with Crippen LogP contribution in [0.25, 0.3) is 0 Å². The number of ether oxygens (including phenoxy) is 3. The Kier molecular flexibility index (Phi) is 8.21. The highest BCUT2D eigenvalue weighted by atomic mass is 16.5. The molecule has 0 bridgehead atoms. The van der Waals surface area contributed by atoms with Crippen molar-refractivity contribution in [2.75, 3.05) is 21.3 Å². The van der Waals surface area contributed by atoms with E-state index in [1.54, 1.807) is 0 Å². The van der Waals surface area contributed by atoms with Crippen molar-refractivity contribution in [3.05, 3.63) is 0 Å². The van der Waals surface area contributed by atoms with Crippen molar-refractivity contribution in [1.82, 2.24) is 5.32 Å². The monoisotopic (exact) mass is 343 g/mol. The first-order valence-electron chi connectivity index (χ1n) is 7.97. The van der Waals surface area contributed by atoms with Gasteiger partial charge in [0.05, 0.1) is 33.7 Å². The van der Waals surface area contributed by atoms with E-state index in [-0.39, 0.29) is 11.8 Å². The summed E-state index contributed by atoms with van der Waals surface area (Å²) in [4.78, 5) is 48.0. The average Bonchev–Trinajstić information content (AvgIpc) is 2.63. The fourth-order valence-electron chi connectivity index (χ4n) is 2.84.